The van der Waals surface area contributed by atoms with Crippen LogP contribution in [0.5, 0.6) is 5.75 Å². The van der Waals surface area contributed by atoms with Gasteiger partial charge in [0.1, 0.15) is 5.69 Å². The van der Waals surface area contributed by atoms with Crippen LogP contribution in [0.4, 0.5) is 0 Å². The van der Waals surface area contributed by atoms with Gasteiger partial charge in [-0.3, -0.25) is 14.6 Å². The molecule has 0 unspecified atom stereocenters. The van der Waals surface area contributed by atoms with Gasteiger partial charge in [-0.1, -0.05) is 60.7 Å². The van der Waals surface area contributed by atoms with Crippen LogP contribution < -0.4 is 5.56 Å². The number of ketones is 1. The number of aromatic nitrogens is 3. The predicted octanol–water partition coefficient (Wildman–Crippen LogP) is 4.02. The molecule has 0 spiro atoms. The summed E-state index contributed by atoms with van der Waals surface area (Å²) in [6.07, 6.45) is 2.14. The van der Waals surface area contributed by atoms with E-state index in [4.69, 9.17) is 0 Å². The van der Waals surface area contributed by atoms with Crippen LogP contribution in [0.25, 0.3) is 22.6 Å². The molecule has 0 bridgehead atoms. The molecule has 2 N–H and O–H groups in total. The zero-order valence-electron chi connectivity index (χ0n) is 16.1. The second kappa shape index (κ2) is 8.53. The number of benzene rings is 2. The lowest BCUT2D eigenvalue weighted by molar-refractivity contribution is 0.0974. The summed E-state index contributed by atoms with van der Waals surface area (Å²) in [7, 11) is 0. The third-order valence-corrected chi connectivity index (χ3v) is 4.74. The van der Waals surface area contributed by atoms with E-state index in [2.05, 4.69) is 15.0 Å². The van der Waals surface area contributed by atoms with Crippen molar-refractivity contribution >= 4 is 5.78 Å². The van der Waals surface area contributed by atoms with Crippen LogP contribution in [0.1, 0.15) is 22.5 Å². The highest BCUT2D eigenvalue weighted by Gasteiger charge is 2.19. The van der Waals surface area contributed by atoms with Gasteiger partial charge in [0.15, 0.2) is 17.3 Å². The predicted molar refractivity (Wildman–Crippen MR) is 114 cm³/mol. The average Bonchev–Trinajstić information content (AvgIpc) is 2.80. The lowest BCUT2D eigenvalue weighted by Gasteiger charge is -2.07. The lowest BCUT2D eigenvalue weighted by Crippen LogP contribution is -2.16. The topological polar surface area (TPSA) is 95.9 Å². The average molecular weight is 397 g/mol. The molecule has 0 amide bonds. The van der Waals surface area contributed by atoms with E-state index in [1.165, 1.54) is 0 Å². The summed E-state index contributed by atoms with van der Waals surface area (Å²) in [5.41, 5.74) is 2.56. The molecule has 0 aliphatic carbocycles. The van der Waals surface area contributed by atoms with E-state index < -0.39 is 17.1 Å². The molecule has 0 fully saturated rings. The molecule has 0 saturated carbocycles. The van der Waals surface area contributed by atoms with Gasteiger partial charge in [-0.2, -0.15) is 0 Å². The standard InChI is InChI=1S/C24H19N3O3/c28-20(13-12-16-7-6-10-18(15-16)17-8-2-1-3-9-17)21-22(29)24(30)27-23(26-21)19-11-4-5-14-25-19/h1-11,14-15,29H,12-13H2,(H,26,27,30). The summed E-state index contributed by atoms with van der Waals surface area (Å²) >= 11 is 0. The fourth-order valence-electron chi connectivity index (χ4n) is 3.20. The molecule has 0 aliphatic rings. The smallest absolute Gasteiger partial charge is 0.294 e. The van der Waals surface area contributed by atoms with Crippen molar-refractivity contribution < 1.29 is 9.90 Å². The van der Waals surface area contributed by atoms with Crippen molar-refractivity contribution in [3.05, 3.63) is 101 Å². The van der Waals surface area contributed by atoms with Crippen molar-refractivity contribution in [1.82, 2.24) is 15.0 Å². The molecule has 0 atom stereocenters. The zero-order chi connectivity index (χ0) is 20.9. The Kier molecular flexibility index (Phi) is 5.48. The van der Waals surface area contributed by atoms with E-state index in [1.54, 1.807) is 24.4 Å². The van der Waals surface area contributed by atoms with Gasteiger partial charge in [-0.25, -0.2) is 4.98 Å². The van der Waals surface area contributed by atoms with Gasteiger partial charge >= 0.3 is 0 Å². The van der Waals surface area contributed by atoms with Crippen molar-refractivity contribution in [3.8, 4) is 28.4 Å². The number of carbonyl (C=O) groups is 1. The number of Topliss-reactive ketones (excluding diaryl/α,β-unsaturated/α-hetero) is 1. The molecule has 6 heteroatoms. The third kappa shape index (κ3) is 4.17. The second-order valence-corrected chi connectivity index (χ2v) is 6.82. The van der Waals surface area contributed by atoms with Crippen molar-refractivity contribution in [3.63, 3.8) is 0 Å². The highest BCUT2D eigenvalue weighted by Crippen LogP contribution is 2.22. The Balaban J connectivity index is 1.55. The maximum Gasteiger partial charge on any atom is 0.294 e. The number of aryl methyl sites for hydroxylation is 1. The molecule has 0 saturated heterocycles. The van der Waals surface area contributed by atoms with Gasteiger partial charge in [-0.15, -0.1) is 0 Å². The number of hydrogen-bond donors (Lipinski definition) is 2. The summed E-state index contributed by atoms with van der Waals surface area (Å²) in [5.74, 6) is -0.925. The van der Waals surface area contributed by atoms with E-state index in [-0.39, 0.29) is 17.9 Å². The fraction of sp³-hybridized carbons (Fsp3) is 0.0833. The maximum atomic E-state index is 12.7. The monoisotopic (exact) mass is 397 g/mol. The maximum absolute atomic E-state index is 12.7. The number of aromatic hydroxyl groups is 1. The fourth-order valence-corrected chi connectivity index (χ4v) is 3.20. The minimum atomic E-state index is -0.764. The van der Waals surface area contributed by atoms with E-state index in [1.807, 2.05) is 54.6 Å². The summed E-state index contributed by atoms with van der Waals surface area (Å²) in [6.45, 7) is 0. The molecule has 4 aromatic rings. The van der Waals surface area contributed by atoms with Crippen LogP contribution in [0, 0.1) is 0 Å². The van der Waals surface area contributed by atoms with Crippen LogP contribution in [0.3, 0.4) is 0 Å². The highest BCUT2D eigenvalue weighted by atomic mass is 16.3. The van der Waals surface area contributed by atoms with E-state index >= 15 is 0 Å². The molecule has 2 heterocycles. The molecule has 2 aromatic heterocycles. The number of hydrogen-bond acceptors (Lipinski definition) is 5. The number of pyridine rings is 1. The SMILES string of the molecule is O=C(CCc1cccc(-c2ccccc2)c1)c1nc(-c2ccccn2)[nH]c(=O)c1O. The Morgan fingerprint density at radius 2 is 1.70 bits per heavy atom. The van der Waals surface area contributed by atoms with Gasteiger partial charge in [0.25, 0.3) is 5.56 Å². The van der Waals surface area contributed by atoms with Gasteiger partial charge in [-0.05, 0) is 35.2 Å². The molecular weight excluding hydrogens is 378 g/mol. The number of rotatable bonds is 6. The minimum absolute atomic E-state index is 0.115. The summed E-state index contributed by atoms with van der Waals surface area (Å²) in [6, 6.07) is 23.1. The largest absolute Gasteiger partial charge is 0.501 e. The van der Waals surface area contributed by atoms with Crippen molar-refractivity contribution in [2.75, 3.05) is 0 Å². The lowest BCUT2D eigenvalue weighted by atomic mass is 10.00. The zero-order valence-corrected chi connectivity index (χ0v) is 16.1. The van der Waals surface area contributed by atoms with E-state index in [0.29, 0.717) is 12.1 Å². The first kappa shape index (κ1) is 19.3. The number of carbonyl (C=O) groups excluding carboxylic acids is 1. The quantitative estimate of drug-likeness (QED) is 0.479. The molecule has 30 heavy (non-hydrogen) atoms. The van der Waals surface area contributed by atoms with Gasteiger partial charge in [0, 0.05) is 12.6 Å². The molecule has 148 valence electrons. The molecule has 4 rings (SSSR count). The summed E-state index contributed by atoms with van der Waals surface area (Å²) < 4.78 is 0. The van der Waals surface area contributed by atoms with Crippen molar-refractivity contribution in [2.24, 2.45) is 0 Å². The Morgan fingerprint density at radius 1 is 0.933 bits per heavy atom. The van der Waals surface area contributed by atoms with Crippen LogP contribution in [-0.4, -0.2) is 25.8 Å². The summed E-state index contributed by atoms with van der Waals surface area (Å²) in [4.78, 5) is 35.6. The summed E-state index contributed by atoms with van der Waals surface area (Å²) in [5, 5.41) is 10.1. The molecule has 0 aliphatic heterocycles. The first-order valence-electron chi connectivity index (χ1n) is 9.54. The molecule has 2 aromatic carbocycles. The van der Waals surface area contributed by atoms with Crippen molar-refractivity contribution in [1.29, 1.82) is 0 Å². The molecular formula is C24H19N3O3. The van der Waals surface area contributed by atoms with Crippen molar-refractivity contribution in [2.45, 2.75) is 12.8 Å². The molecule has 6 nitrogen and oxygen atoms in total. The Hall–Kier alpha value is -4.06. The third-order valence-electron chi connectivity index (χ3n) is 4.74. The van der Waals surface area contributed by atoms with Crippen LogP contribution in [-0.2, 0) is 6.42 Å². The van der Waals surface area contributed by atoms with Gasteiger partial charge < -0.3 is 10.1 Å². The second-order valence-electron chi connectivity index (χ2n) is 6.82. The number of H-pyrrole nitrogens is 1. The Bertz CT molecular complexity index is 1240. The number of aromatic amines is 1. The Labute approximate surface area is 172 Å². The number of nitrogens with one attached hydrogen (secondary N) is 1. The Morgan fingerprint density at radius 3 is 2.47 bits per heavy atom. The van der Waals surface area contributed by atoms with E-state index in [9.17, 15) is 14.7 Å². The first-order chi connectivity index (χ1) is 14.6. The van der Waals surface area contributed by atoms with E-state index in [0.717, 1.165) is 16.7 Å². The minimum Gasteiger partial charge on any atom is -0.501 e. The molecule has 0 radical (unpaired) electrons. The highest BCUT2D eigenvalue weighted by molar-refractivity contribution is 5.97. The number of nitrogens with zero attached hydrogens (tertiary/aromatic N) is 2. The van der Waals surface area contributed by atoms with Crippen LogP contribution in [0.15, 0.2) is 83.8 Å². The normalized spacial score (nSPS) is 10.7. The van der Waals surface area contributed by atoms with Crippen LogP contribution in [0.2, 0.25) is 0 Å². The first-order valence-corrected chi connectivity index (χ1v) is 9.54. The van der Waals surface area contributed by atoms with Gasteiger partial charge in [0.2, 0.25) is 5.75 Å². The van der Waals surface area contributed by atoms with Crippen LogP contribution >= 0.6 is 0 Å². The van der Waals surface area contributed by atoms with Gasteiger partial charge in [0.05, 0.1) is 0 Å².